The highest BCUT2D eigenvalue weighted by molar-refractivity contribution is 7.33. The molecule has 77 valence electrons. The van der Waals surface area contributed by atoms with Gasteiger partial charge in [-0.3, -0.25) is 0 Å². The van der Waals surface area contributed by atoms with Crippen LogP contribution in [-0.2, 0) is 11.5 Å². The third-order valence-electron chi connectivity index (χ3n) is 2.16. The Hall–Kier alpha value is 0.0169. The molecule has 1 aromatic rings. The minimum atomic E-state index is -1.19. The zero-order valence-electron chi connectivity index (χ0n) is 8.77. The van der Waals surface area contributed by atoms with Gasteiger partial charge in [0.05, 0.1) is 0 Å². The standard InChI is InChI=1S/C11H15Cl2Si/c1-11(2,3)10-6-4-9(5-7-10)8-14(12)13/h4-7H,8H2,1-3H3. The lowest BCUT2D eigenvalue weighted by atomic mass is 9.87. The summed E-state index contributed by atoms with van der Waals surface area (Å²) in [5, 5.41) is 0. The monoisotopic (exact) mass is 245 g/mol. The van der Waals surface area contributed by atoms with Crippen LogP contribution < -0.4 is 0 Å². The zero-order chi connectivity index (χ0) is 10.8. The highest BCUT2D eigenvalue weighted by atomic mass is 35.7. The van der Waals surface area contributed by atoms with E-state index in [9.17, 15) is 0 Å². The molecular weight excluding hydrogens is 231 g/mol. The van der Waals surface area contributed by atoms with Gasteiger partial charge in [-0.2, -0.15) is 0 Å². The van der Waals surface area contributed by atoms with Crippen molar-refractivity contribution in [3.05, 3.63) is 35.4 Å². The third-order valence-corrected chi connectivity index (χ3v) is 3.64. The van der Waals surface area contributed by atoms with Gasteiger partial charge in [0.1, 0.15) is 0 Å². The molecule has 0 heterocycles. The predicted octanol–water partition coefficient (Wildman–Crippen LogP) is 4.03. The smallest absolute Gasteiger partial charge is 0.146 e. The Labute approximate surface area is 97.3 Å². The quantitative estimate of drug-likeness (QED) is 0.546. The van der Waals surface area contributed by atoms with Gasteiger partial charge in [-0.1, -0.05) is 45.0 Å². The zero-order valence-corrected chi connectivity index (χ0v) is 11.3. The molecule has 0 unspecified atom stereocenters. The Balaban J connectivity index is 2.79. The molecule has 0 aromatic heterocycles. The van der Waals surface area contributed by atoms with Crippen LogP contribution in [0.1, 0.15) is 31.9 Å². The van der Waals surface area contributed by atoms with Crippen LogP contribution in [0, 0.1) is 0 Å². The maximum atomic E-state index is 5.81. The van der Waals surface area contributed by atoms with Gasteiger partial charge in [0.15, 0.2) is 0 Å². The van der Waals surface area contributed by atoms with Crippen LogP contribution in [0.2, 0.25) is 0 Å². The first-order chi connectivity index (χ1) is 6.39. The van der Waals surface area contributed by atoms with Crippen molar-refractivity contribution in [2.24, 2.45) is 0 Å². The highest BCUT2D eigenvalue weighted by Gasteiger charge is 2.13. The lowest BCUT2D eigenvalue weighted by molar-refractivity contribution is 0.590. The second-order valence-corrected chi connectivity index (χ2v) is 8.81. The van der Waals surface area contributed by atoms with Crippen LogP contribution in [-0.4, -0.2) is 7.42 Å². The van der Waals surface area contributed by atoms with Crippen molar-refractivity contribution in [3.8, 4) is 0 Å². The second-order valence-electron chi connectivity index (χ2n) is 4.46. The minimum absolute atomic E-state index is 0.217. The second kappa shape index (κ2) is 4.69. The molecule has 0 fully saturated rings. The van der Waals surface area contributed by atoms with E-state index in [1.807, 2.05) is 0 Å². The van der Waals surface area contributed by atoms with Gasteiger partial charge in [-0.15, -0.1) is 22.2 Å². The Morgan fingerprint density at radius 3 is 1.93 bits per heavy atom. The van der Waals surface area contributed by atoms with Gasteiger partial charge in [0, 0.05) is 0 Å². The number of benzene rings is 1. The molecule has 0 nitrogen and oxygen atoms in total. The summed E-state index contributed by atoms with van der Waals surface area (Å²) in [7, 11) is -1.19. The minimum Gasteiger partial charge on any atom is -0.146 e. The molecule has 1 aromatic carbocycles. The molecule has 0 aliphatic rings. The molecule has 0 N–H and O–H groups in total. The Morgan fingerprint density at radius 2 is 1.57 bits per heavy atom. The van der Waals surface area contributed by atoms with Crippen LogP contribution in [0.3, 0.4) is 0 Å². The van der Waals surface area contributed by atoms with Gasteiger partial charge in [0.25, 0.3) is 7.42 Å². The Bertz CT molecular complexity index is 285. The summed E-state index contributed by atoms with van der Waals surface area (Å²) in [4.78, 5) is 0. The lowest BCUT2D eigenvalue weighted by Gasteiger charge is -2.19. The topological polar surface area (TPSA) is 0 Å². The van der Waals surface area contributed by atoms with E-state index in [1.54, 1.807) is 0 Å². The van der Waals surface area contributed by atoms with Crippen molar-refractivity contribution in [2.75, 3.05) is 0 Å². The SMILES string of the molecule is CC(C)(C)c1ccc(C[Si](Cl)Cl)cc1. The summed E-state index contributed by atoms with van der Waals surface area (Å²) in [6.45, 7) is 6.63. The van der Waals surface area contributed by atoms with Crippen molar-refractivity contribution >= 4 is 29.6 Å². The van der Waals surface area contributed by atoms with Crippen molar-refractivity contribution in [1.82, 2.24) is 0 Å². The number of hydrogen-bond acceptors (Lipinski definition) is 0. The van der Waals surface area contributed by atoms with Crippen molar-refractivity contribution in [3.63, 3.8) is 0 Å². The average molecular weight is 246 g/mol. The molecule has 14 heavy (non-hydrogen) atoms. The average Bonchev–Trinajstić information content (AvgIpc) is 2.02. The lowest BCUT2D eigenvalue weighted by Crippen LogP contribution is -2.11. The van der Waals surface area contributed by atoms with Gasteiger partial charge in [-0.05, 0) is 22.6 Å². The molecular formula is C11H15Cl2Si. The summed E-state index contributed by atoms with van der Waals surface area (Å²) in [6.07, 6.45) is 0. The molecule has 0 atom stereocenters. The number of hydrogen-bond donors (Lipinski definition) is 0. The molecule has 0 spiro atoms. The fraction of sp³-hybridized carbons (Fsp3) is 0.455. The van der Waals surface area contributed by atoms with Crippen molar-refractivity contribution in [1.29, 1.82) is 0 Å². The van der Waals surface area contributed by atoms with Crippen LogP contribution in [0.5, 0.6) is 0 Å². The molecule has 0 saturated heterocycles. The fourth-order valence-electron chi connectivity index (χ4n) is 1.28. The maximum absolute atomic E-state index is 5.81. The van der Waals surface area contributed by atoms with E-state index in [2.05, 4.69) is 45.0 Å². The van der Waals surface area contributed by atoms with Crippen LogP contribution in [0.25, 0.3) is 0 Å². The van der Waals surface area contributed by atoms with E-state index in [1.165, 1.54) is 11.1 Å². The van der Waals surface area contributed by atoms with E-state index in [0.29, 0.717) is 0 Å². The molecule has 0 amide bonds. The maximum Gasteiger partial charge on any atom is 0.278 e. The van der Waals surface area contributed by atoms with Crippen LogP contribution >= 0.6 is 22.2 Å². The highest BCUT2D eigenvalue weighted by Crippen LogP contribution is 2.22. The fourth-order valence-corrected chi connectivity index (χ4v) is 2.75. The first-order valence-corrected chi connectivity index (χ1v) is 8.39. The molecule has 1 rings (SSSR count). The molecule has 1 radical (unpaired) electrons. The van der Waals surface area contributed by atoms with Crippen LogP contribution in [0.4, 0.5) is 0 Å². The molecule has 0 bridgehead atoms. The van der Waals surface area contributed by atoms with E-state index in [0.717, 1.165) is 6.04 Å². The summed E-state index contributed by atoms with van der Waals surface area (Å²) in [5.41, 5.74) is 2.80. The van der Waals surface area contributed by atoms with Crippen molar-refractivity contribution < 1.29 is 0 Å². The number of rotatable bonds is 2. The van der Waals surface area contributed by atoms with Gasteiger partial charge in [0.2, 0.25) is 0 Å². The van der Waals surface area contributed by atoms with E-state index in [-0.39, 0.29) is 5.41 Å². The molecule has 0 saturated carbocycles. The van der Waals surface area contributed by atoms with E-state index in [4.69, 9.17) is 22.2 Å². The van der Waals surface area contributed by atoms with Crippen molar-refractivity contribution in [2.45, 2.75) is 32.2 Å². The first-order valence-electron chi connectivity index (χ1n) is 4.66. The van der Waals surface area contributed by atoms with Crippen LogP contribution in [0.15, 0.2) is 24.3 Å². The molecule has 0 aliphatic carbocycles. The van der Waals surface area contributed by atoms with Gasteiger partial charge < -0.3 is 0 Å². The summed E-state index contributed by atoms with van der Waals surface area (Å²) in [6, 6.07) is 9.38. The third kappa shape index (κ3) is 3.64. The largest absolute Gasteiger partial charge is 0.278 e. The Morgan fingerprint density at radius 1 is 1.07 bits per heavy atom. The van der Waals surface area contributed by atoms with Gasteiger partial charge in [-0.25, -0.2) is 0 Å². The van der Waals surface area contributed by atoms with E-state index < -0.39 is 7.42 Å². The number of halogens is 2. The molecule has 0 aliphatic heterocycles. The summed E-state index contributed by atoms with van der Waals surface area (Å²) < 4.78 is 0. The van der Waals surface area contributed by atoms with Gasteiger partial charge >= 0.3 is 0 Å². The first kappa shape index (κ1) is 12.1. The summed E-state index contributed by atoms with van der Waals surface area (Å²) in [5.74, 6) is 0. The normalized spacial score (nSPS) is 12.1. The molecule has 3 heteroatoms. The Kier molecular flexibility index (Phi) is 4.05. The van der Waals surface area contributed by atoms with E-state index >= 15 is 0 Å². The predicted molar refractivity (Wildman–Crippen MR) is 66.3 cm³/mol. The summed E-state index contributed by atoms with van der Waals surface area (Å²) >= 11 is 11.6.